The van der Waals surface area contributed by atoms with Gasteiger partial charge < -0.3 is 20.5 Å². The number of anilines is 1. The number of amides is 3. The zero-order valence-corrected chi connectivity index (χ0v) is 23.3. The number of hydrogen-bond donors (Lipinski definition) is 3. The van der Waals surface area contributed by atoms with Crippen molar-refractivity contribution >= 4 is 17.8 Å². The Morgan fingerprint density at radius 3 is 2.40 bits per heavy atom. The van der Waals surface area contributed by atoms with Gasteiger partial charge in [-0.2, -0.15) is 0 Å². The third kappa shape index (κ3) is 8.11. The quantitative estimate of drug-likeness (QED) is 0.194. The Labute approximate surface area is 242 Å². The third-order valence-electron chi connectivity index (χ3n) is 6.35. The lowest BCUT2D eigenvalue weighted by atomic mass is 9.92. The van der Waals surface area contributed by atoms with E-state index >= 15 is 4.39 Å². The van der Waals surface area contributed by atoms with E-state index in [4.69, 9.17) is 15.2 Å². The number of halogens is 2. The largest absolute Gasteiger partial charge is 0.441 e. The van der Waals surface area contributed by atoms with E-state index in [-0.39, 0.29) is 36.4 Å². The highest BCUT2D eigenvalue weighted by Gasteiger charge is 2.25. The van der Waals surface area contributed by atoms with Crippen molar-refractivity contribution < 1.29 is 27.8 Å². The molecule has 4 rings (SSSR count). The highest BCUT2D eigenvalue weighted by Crippen LogP contribution is 2.34. The highest BCUT2D eigenvalue weighted by atomic mass is 19.1. The van der Waals surface area contributed by atoms with Crippen molar-refractivity contribution in [2.75, 3.05) is 11.9 Å². The van der Waals surface area contributed by atoms with Crippen molar-refractivity contribution in [3.8, 4) is 11.1 Å². The SMILES string of the molecule is CC(C)(COCc1ccccc1)OC(=O)Nc1ccc(-c2cccnc2CNC(N)=O)c(Cc2ccccc2F)c1F. The number of primary amides is 1. The van der Waals surface area contributed by atoms with Gasteiger partial charge in [0.15, 0.2) is 5.82 Å². The van der Waals surface area contributed by atoms with E-state index in [1.165, 1.54) is 18.3 Å². The molecule has 3 aromatic carbocycles. The summed E-state index contributed by atoms with van der Waals surface area (Å²) >= 11 is 0. The molecule has 0 atom stereocenters. The molecule has 0 saturated heterocycles. The van der Waals surface area contributed by atoms with Gasteiger partial charge in [-0.25, -0.2) is 18.4 Å². The molecule has 0 fully saturated rings. The lowest BCUT2D eigenvalue weighted by Gasteiger charge is -2.25. The van der Waals surface area contributed by atoms with E-state index < -0.39 is 29.4 Å². The number of urea groups is 1. The summed E-state index contributed by atoms with van der Waals surface area (Å²) < 4.78 is 42.0. The number of carbonyl (C=O) groups is 2. The Kier molecular flexibility index (Phi) is 9.82. The van der Waals surface area contributed by atoms with Crippen LogP contribution in [0.3, 0.4) is 0 Å². The number of nitrogens with one attached hydrogen (secondary N) is 2. The molecule has 0 saturated carbocycles. The van der Waals surface area contributed by atoms with Crippen molar-refractivity contribution in [2.24, 2.45) is 5.73 Å². The van der Waals surface area contributed by atoms with Crippen LogP contribution < -0.4 is 16.4 Å². The summed E-state index contributed by atoms with van der Waals surface area (Å²) in [5.74, 6) is -1.26. The van der Waals surface area contributed by atoms with Crippen LogP contribution in [0, 0.1) is 11.6 Å². The number of benzene rings is 3. The van der Waals surface area contributed by atoms with Crippen molar-refractivity contribution in [3.63, 3.8) is 0 Å². The molecule has 0 unspecified atom stereocenters. The van der Waals surface area contributed by atoms with Gasteiger partial charge in [-0.05, 0) is 48.7 Å². The molecule has 4 N–H and O–H groups in total. The van der Waals surface area contributed by atoms with Crippen LogP contribution in [0.1, 0.15) is 36.2 Å². The molecule has 0 spiro atoms. The van der Waals surface area contributed by atoms with Crippen LogP contribution in [0.4, 0.5) is 24.1 Å². The predicted octanol–water partition coefficient (Wildman–Crippen LogP) is 6.33. The van der Waals surface area contributed by atoms with Gasteiger partial charge in [0, 0.05) is 23.7 Å². The van der Waals surface area contributed by atoms with Crippen LogP contribution in [0.5, 0.6) is 0 Å². The first-order valence-electron chi connectivity index (χ1n) is 13.3. The summed E-state index contributed by atoms with van der Waals surface area (Å²) in [6, 6.07) is 21.3. The summed E-state index contributed by atoms with van der Waals surface area (Å²) in [5.41, 5.74) is 6.80. The smallest absolute Gasteiger partial charge is 0.412 e. The van der Waals surface area contributed by atoms with Crippen LogP contribution in [-0.2, 0) is 29.0 Å². The van der Waals surface area contributed by atoms with E-state index in [0.29, 0.717) is 23.4 Å². The Morgan fingerprint density at radius 2 is 1.67 bits per heavy atom. The second kappa shape index (κ2) is 13.7. The minimum Gasteiger partial charge on any atom is -0.441 e. The van der Waals surface area contributed by atoms with Crippen LogP contribution in [0.2, 0.25) is 0 Å². The number of hydrogen-bond acceptors (Lipinski definition) is 5. The normalized spacial score (nSPS) is 11.1. The van der Waals surface area contributed by atoms with Crippen molar-refractivity contribution in [2.45, 2.75) is 39.0 Å². The van der Waals surface area contributed by atoms with Crippen LogP contribution in [-0.4, -0.2) is 29.3 Å². The molecule has 10 heteroatoms. The molecule has 3 amide bonds. The maximum absolute atomic E-state index is 16.1. The molecule has 0 aliphatic carbocycles. The van der Waals surface area contributed by atoms with Gasteiger partial charge in [-0.1, -0.05) is 60.7 Å². The molecule has 0 aliphatic rings. The Balaban J connectivity index is 1.58. The average Bonchev–Trinajstić information content (AvgIpc) is 2.95. The van der Waals surface area contributed by atoms with Gasteiger partial charge in [-0.3, -0.25) is 10.3 Å². The molecule has 8 nitrogen and oxygen atoms in total. The maximum atomic E-state index is 16.1. The molecule has 4 aromatic rings. The third-order valence-corrected chi connectivity index (χ3v) is 6.35. The molecule has 0 aliphatic heterocycles. The standard InChI is InChI=1S/C32H32F2N4O4/c1-32(2,20-41-19-21-9-4-3-5-10-21)42-31(40)38-27-15-14-23(24-12-8-16-36-28(24)18-37-30(35)39)25(29(27)34)17-22-11-6-7-13-26(22)33/h3-16H,17-20H2,1-2H3,(H,38,40)(H3,35,37,39). The Morgan fingerprint density at radius 1 is 0.929 bits per heavy atom. The molecule has 0 bridgehead atoms. The van der Waals surface area contributed by atoms with E-state index in [1.807, 2.05) is 30.3 Å². The fourth-order valence-electron chi connectivity index (χ4n) is 4.37. The predicted molar refractivity (Wildman–Crippen MR) is 156 cm³/mol. The summed E-state index contributed by atoms with van der Waals surface area (Å²) in [5, 5.41) is 4.96. The number of rotatable bonds is 11. The monoisotopic (exact) mass is 574 g/mol. The van der Waals surface area contributed by atoms with Crippen molar-refractivity contribution in [1.29, 1.82) is 0 Å². The Bertz CT molecular complexity index is 1550. The lowest BCUT2D eigenvalue weighted by molar-refractivity contribution is -0.0335. The van der Waals surface area contributed by atoms with Crippen LogP contribution in [0.15, 0.2) is 85.1 Å². The van der Waals surface area contributed by atoms with E-state index in [1.54, 1.807) is 50.2 Å². The molecular weight excluding hydrogens is 542 g/mol. The molecular formula is C32H32F2N4O4. The second-order valence-electron chi connectivity index (χ2n) is 10.2. The van der Waals surface area contributed by atoms with Crippen LogP contribution >= 0.6 is 0 Å². The molecule has 42 heavy (non-hydrogen) atoms. The molecule has 0 radical (unpaired) electrons. The number of carbonyl (C=O) groups excluding carboxylic acids is 2. The maximum Gasteiger partial charge on any atom is 0.412 e. The molecule has 1 aromatic heterocycles. The number of nitrogens with zero attached hydrogens (tertiary/aromatic N) is 1. The van der Waals surface area contributed by atoms with Gasteiger partial charge in [0.2, 0.25) is 0 Å². The summed E-state index contributed by atoms with van der Waals surface area (Å²) in [7, 11) is 0. The number of pyridine rings is 1. The van der Waals surface area contributed by atoms with Crippen molar-refractivity contribution in [3.05, 3.63) is 119 Å². The van der Waals surface area contributed by atoms with Gasteiger partial charge in [0.1, 0.15) is 11.4 Å². The van der Waals surface area contributed by atoms with Crippen molar-refractivity contribution in [1.82, 2.24) is 10.3 Å². The number of aromatic nitrogens is 1. The average molecular weight is 575 g/mol. The Hall–Kier alpha value is -4.83. The minimum absolute atomic E-state index is 0.0000171. The summed E-state index contributed by atoms with van der Waals surface area (Å²) in [6.07, 6.45) is 0.542. The minimum atomic E-state index is -1.01. The van der Waals surface area contributed by atoms with E-state index in [9.17, 15) is 14.0 Å². The molecule has 1 heterocycles. The highest BCUT2D eigenvalue weighted by molar-refractivity contribution is 5.86. The first kappa shape index (κ1) is 30.1. The first-order valence-corrected chi connectivity index (χ1v) is 13.3. The van der Waals surface area contributed by atoms with Gasteiger partial charge in [0.25, 0.3) is 0 Å². The summed E-state index contributed by atoms with van der Waals surface area (Å²) in [6.45, 7) is 3.82. The second-order valence-corrected chi connectivity index (χ2v) is 10.2. The fraction of sp³-hybridized carbons (Fsp3) is 0.219. The molecule has 218 valence electrons. The van der Waals surface area contributed by atoms with Gasteiger partial charge >= 0.3 is 12.1 Å². The van der Waals surface area contributed by atoms with E-state index in [0.717, 1.165) is 5.56 Å². The number of ether oxygens (including phenoxy) is 2. The van der Waals surface area contributed by atoms with Gasteiger partial charge in [-0.15, -0.1) is 0 Å². The fourth-order valence-corrected chi connectivity index (χ4v) is 4.37. The zero-order valence-electron chi connectivity index (χ0n) is 23.3. The zero-order chi connectivity index (χ0) is 30.1. The number of nitrogens with two attached hydrogens (primary N) is 1. The lowest BCUT2D eigenvalue weighted by Crippen LogP contribution is -2.35. The summed E-state index contributed by atoms with van der Waals surface area (Å²) in [4.78, 5) is 28.4. The van der Waals surface area contributed by atoms with Gasteiger partial charge in [0.05, 0.1) is 31.1 Å². The van der Waals surface area contributed by atoms with Crippen LogP contribution in [0.25, 0.3) is 11.1 Å². The van der Waals surface area contributed by atoms with E-state index in [2.05, 4.69) is 15.6 Å². The first-order chi connectivity index (χ1) is 20.1. The topological polar surface area (TPSA) is 116 Å².